The van der Waals surface area contributed by atoms with E-state index in [1.54, 1.807) is 36.4 Å². The topological polar surface area (TPSA) is 80.1 Å². The molecule has 3 aromatic carbocycles. The van der Waals surface area contributed by atoms with E-state index in [9.17, 15) is 14.3 Å². The van der Waals surface area contributed by atoms with Crippen LogP contribution in [0.2, 0.25) is 5.02 Å². The Morgan fingerprint density at radius 2 is 1.88 bits per heavy atom. The molecule has 0 spiro atoms. The summed E-state index contributed by atoms with van der Waals surface area (Å²) in [5, 5.41) is 9.78. The fraction of sp³-hybridized carbons (Fsp3) is 0.312. The monoisotopic (exact) mass is 606 g/mol. The van der Waals surface area contributed by atoms with Gasteiger partial charge in [-0.25, -0.2) is 18.6 Å². The van der Waals surface area contributed by atoms with Crippen LogP contribution in [-0.2, 0) is 17.8 Å². The van der Waals surface area contributed by atoms with Crippen molar-refractivity contribution in [2.24, 2.45) is 0 Å². The molecule has 1 N–H and O–H groups in total. The number of fused-ring (bicyclic) bond motifs is 2. The lowest BCUT2D eigenvalue weighted by molar-refractivity contribution is -0.0592. The van der Waals surface area contributed by atoms with Crippen LogP contribution in [0.15, 0.2) is 60.7 Å². The molecule has 222 valence electrons. The van der Waals surface area contributed by atoms with E-state index in [0.29, 0.717) is 37.5 Å². The highest BCUT2D eigenvalue weighted by atomic mass is 35.5. The zero-order valence-electron chi connectivity index (χ0n) is 23.2. The lowest BCUT2D eigenvalue weighted by Crippen LogP contribution is -2.46. The first-order valence-corrected chi connectivity index (χ1v) is 14.7. The predicted molar refractivity (Wildman–Crippen MR) is 159 cm³/mol. The average molecular weight is 607 g/mol. The maximum Gasteiger partial charge on any atom is 0.335 e. The quantitative estimate of drug-likeness (QED) is 0.273. The minimum absolute atomic E-state index is 0.0883. The Balaban J connectivity index is 1.10. The molecular formula is C32H29ClF2N4O4. The summed E-state index contributed by atoms with van der Waals surface area (Å²) in [7, 11) is 0. The van der Waals surface area contributed by atoms with Gasteiger partial charge in [0.25, 0.3) is 0 Å². The molecule has 0 aliphatic carbocycles. The SMILES string of the molecule is O=C(O)c1ccc2nc(CN3CCN(c4cccc5c4OC(c4ccc(Cl)cc4F)C=C5F)CC3)n(C[C@@H]3CCO3)c2c1. The fourth-order valence-electron chi connectivity index (χ4n) is 5.96. The second-order valence-corrected chi connectivity index (χ2v) is 11.5. The number of hydrogen-bond acceptors (Lipinski definition) is 6. The molecule has 1 aromatic heterocycles. The van der Waals surface area contributed by atoms with Gasteiger partial charge in [0.15, 0.2) is 5.75 Å². The zero-order chi connectivity index (χ0) is 29.7. The molecule has 2 atom stereocenters. The van der Waals surface area contributed by atoms with E-state index in [0.717, 1.165) is 48.7 Å². The Bertz CT molecular complexity index is 1750. The van der Waals surface area contributed by atoms with Crippen molar-refractivity contribution in [1.82, 2.24) is 14.5 Å². The van der Waals surface area contributed by atoms with E-state index in [2.05, 4.69) is 14.4 Å². The van der Waals surface area contributed by atoms with Crippen LogP contribution in [0, 0.1) is 5.82 Å². The molecule has 3 aliphatic rings. The third-order valence-corrected chi connectivity index (χ3v) is 8.63. The van der Waals surface area contributed by atoms with Crippen molar-refractivity contribution >= 4 is 40.1 Å². The smallest absolute Gasteiger partial charge is 0.335 e. The van der Waals surface area contributed by atoms with Gasteiger partial charge in [0.1, 0.15) is 23.6 Å². The van der Waals surface area contributed by atoms with Gasteiger partial charge in [-0.2, -0.15) is 0 Å². The highest BCUT2D eigenvalue weighted by Gasteiger charge is 2.30. The van der Waals surface area contributed by atoms with Crippen LogP contribution in [0.25, 0.3) is 16.9 Å². The van der Waals surface area contributed by atoms with Gasteiger partial charge < -0.3 is 24.0 Å². The van der Waals surface area contributed by atoms with E-state index >= 15 is 4.39 Å². The minimum atomic E-state index is -0.973. The number of carboxylic acid groups (broad SMARTS) is 1. The number of aromatic carboxylic acids is 1. The minimum Gasteiger partial charge on any atom is -0.478 e. The number of benzene rings is 3. The van der Waals surface area contributed by atoms with Crippen LogP contribution in [0.1, 0.15) is 39.8 Å². The predicted octanol–water partition coefficient (Wildman–Crippen LogP) is 6.08. The Morgan fingerprint density at radius 1 is 1.07 bits per heavy atom. The van der Waals surface area contributed by atoms with Gasteiger partial charge in [0.2, 0.25) is 0 Å². The summed E-state index contributed by atoms with van der Waals surface area (Å²) in [6.45, 7) is 4.73. The molecule has 0 amide bonds. The number of rotatable bonds is 7. The van der Waals surface area contributed by atoms with Gasteiger partial charge in [0.05, 0.1) is 47.0 Å². The maximum atomic E-state index is 15.2. The van der Waals surface area contributed by atoms with Crippen LogP contribution >= 0.6 is 11.6 Å². The normalized spacial score (nSPS) is 20.3. The lowest BCUT2D eigenvalue weighted by Gasteiger charge is -2.38. The van der Waals surface area contributed by atoms with Crippen molar-refractivity contribution in [2.75, 3.05) is 37.7 Å². The van der Waals surface area contributed by atoms with Crippen LogP contribution < -0.4 is 9.64 Å². The van der Waals surface area contributed by atoms with E-state index in [1.165, 1.54) is 18.2 Å². The first-order chi connectivity index (χ1) is 20.8. The summed E-state index contributed by atoms with van der Waals surface area (Å²) in [6.07, 6.45) is 1.42. The number of nitrogens with zero attached hydrogens (tertiary/aromatic N) is 4. The van der Waals surface area contributed by atoms with Gasteiger partial charge >= 0.3 is 5.97 Å². The second-order valence-electron chi connectivity index (χ2n) is 11.1. The number of carbonyl (C=O) groups is 1. The van der Waals surface area contributed by atoms with Crippen molar-refractivity contribution < 1.29 is 28.2 Å². The third-order valence-electron chi connectivity index (χ3n) is 8.39. The summed E-state index contributed by atoms with van der Waals surface area (Å²) >= 11 is 5.92. The molecule has 7 rings (SSSR count). The number of ether oxygens (including phenoxy) is 2. The first-order valence-electron chi connectivity index (χ1n) is 14.3. The van der Waals surface area contributed by atoms with Gasteiger partial charge in [-0.15, -0.1) is 0 Å². The maximum absolute atomic E-state index is 15.2. The van der Waals surface area contributed by atoms with Gasteiger partial charge in [-0.3, -0.25) is 4.90 Å². The van der Waals surface area contributed by atoms with Crippen molar-refractivity contribution in [2.45, 2.75) is 31.7 Å². The first kappa shape index (κ1) is 27.8. The summed E-state index contributed by atoms with van der Waals surface area (Å²) in [4.78, 5) is 20.9. The molecule has 8 nitrogen and oxygen atoms in total. The van der Waals surface area contributed by atoms with Gasteiger partial charge in [-0.1, -0.05) is 23.7 Å². The molecule has 0 saturated carbocycles. The van der Waals surface area contributed by atoms with Crippen molar-refractivity contribution in [3.8, 4) is 5.75 Å². The largest absolute Gasteiger partial charge is 0.478 e. The summed E-state index contributed by atoms with van der Waals surface area (Å²) in [5.74, 6) is -0.722. The lowest BCUT2D eigenvalue weighted by atomic mass is 10.0. The highest BCUT2D eigenvalue weighted by Crippen LogP contribution is 2.44. The number of piperazine rings is 1. The number of aromatic nitrogens is 2. The Kier molecular flexibility index (Phi) is 7.28. The summed E-state index contributed by atoms with van der Waals surface area (Å²) in [6, 6.07) is 14.7. The molecule has 1 unspecified atom stereocenters. The van der Waals surface area contributed by atoms with Crippen LogP contribution in [0.4, 0.5) is 14.5 Å². The van der Waals surface area contributed by atoms with Gasteiger partial charge in [-0.05, 0) is 55.0 Å². The van der Waals surface area contributed by atoms with Crippen molar-refractivity contribution in [1.29, 1.82) is 0 Å². The van der Waals surface area contributed by atoms with Crippen molar-refractivity contribution in [3.05, 3.63) is 94.0 Å². The van der Waals surface area contributed by atoms with Crippen LogP contribution in [-0.4, -0.2) is 64.4 Å². The molecule has 0 radical (unpaired) electrons. The van der Waals surface area contributed by atoms with E-state index < -0.39 is 23.7 Å². The van der Waals surface area contributed by atoms with E-state index in [-0.39, 0.29) is 22.3 Å². The van der Waals surface area contributed by atoms with Gasteiger partial charge in [0, 0.05) is 43.4 Å². The summed E-state index contributed by atoms with van der Waals surface area (Å²) in [5.41, 5.74) is 3.10. The fourth-order valence-corrected chi connectivity index (χ4v) is 6.12. The molecule has 2 saturated heterocycles. The molecular weight excluding hydrogens is 578 g/mol. The Hall–Kier alpha value is -3.99. The second kappa shape index (κ2) is 11.3. The third kappa shape index (κ3) is 5.35. The van der Waals surface area contributed by atoms with Crippen LogP contribution in [0.5, 0.6) is 5.75 Å². The molecule has 2 fully saturated rings. The number of hydrogen-bond donors (Lipinski definition) is 1. The Morgan fingerprint density at radius 3 is 2.60 bits per heavy atom. The summed E-state index contributed by atoms with van der Waals surface area (Å²) < 4.78 is 43.9. The van der Waals surface area contributed by atoms with E-state index in [4.69, 9.17) is 26.1 Å². The molecule has 0 bridgehead atoms. The molecule has 4 heterocycles. The number of halogens is 3. The molecule has 43 heavy (non-hydrogen) atoms. The number of para-hydroxylation sites is 1. The zero-order valence-corrected chi connectivity index (χ0v) is 23.9. The number of anilines is 1. The average Bonchev–Trinajstić information content (AvgIpc) is 3.31. The highest BCUT2D eigenvalue weighted by molar-refractivity contribution is 6.30. The van der Waals surface area contributed by atoms with E-state index in [1.807, 2.05) is 6.07 Å². The number of imidazole rings is 1. The Labute approximate surface area is 251 Å². The van der Waals surface area contributed by atoms with Crippen LogP contribution in [0.3, 0.4) is 0 Å². The standard InChI is InChI=1S/C32H29ClF2N4O4/c33-20-5-6-22(24(34)15-20)29-16-25(35)23-2-1-3-27(31(23)43-29)38-11-9-37(10-12-38)18-30-36-26-7-4-19(32(40)41)14-28(26)39(30)17-21-8-13-42-21/h1-7,14-16,21,29H,8-13,17-18H2,(H,40,41)/t21-,29?/m0/s1. The number of carboxylic acids is 1. The molecule has 11 heteroatoms. The molecule has 4 aromatic rings. The van der Waals surface area contributed by atoms with Crippen molar-refractivity contribution in [3.63, 3.8) is 0 Å². The molecule has 3 aliphatic heterocycles.